The van der Waals surface area contributed by atoms with Crippen molar-refractivity contribution in [3.63, 3.8) is 0 Å². The van der Waals surface area contributed by atoms with Gasteiger partial charge in [0.15, 0.2) is 0 Å². The third kappa shape index (κ3) is 2.58. The molecule has 2 rings (SSSR count). The van der Waals surface area contributed by atoms with Gasteiger partial charge in [-0.2, -0.15) is 0 Å². The van der Waals surface area contributed by atoms with Crippen LogP contribution in [0.5, 0.6) is 0 Å². The molecule has 0 spiro atoms. The third-order valence-corrected chi connectivity index (χ3v) is 2.47. The summed E-state index contributed by atoms with van der Waals surface area (Å²) >= 11 is 0. The van der Waals surface area contributed by atoms with E-state index in [9.17, 15) is 0 Å². The largest absolute Gasteiger partial charge is 0.384 e. The zero-order chi connectivity index (χ0) is 12.4. The molecule has 4 heteroatoms. The van der Waals surface area contributed by atoms with Crippen molar-refractivity contribution < 1.29 is 0 Å². The SMILES string of the molecule is Cc1cc(-c2cc(N)nc(C(C)C)n2)ccn1. The van der Waals surface area contributed by atoms with Crippen molar-refractivity contribution in [2.75, 3.05) is 5.73 Å². The lowest BCUT2D eigenvalue weighted by molar-refractivity contribution is 0.778. The van der Waals surface area contributed by atoms with Crippen molar-refractivity contribution in [3.8, 4) is 11.3 Å². The molecule has 0 atom stereocenters. The molecule has 0 amide bonds. The molecule has 0 bridgehead atoms. The van der Waals surface area contributed by atoms with Crippen LogP contribution in [0.3, 0.4) is 0 Å². The van der Waals surface area contributed by atoms with Gasteiger partial charge in [-0.1, -0.05) is 13.8 Å². The number of aromatic nitrogens is 3. The zero-order valence-corrected chi connectivity index (χ0v) is 10.3. The Morgan fingerprint density at radius 3 is 2.59 bits per heavy atom. The molecule has 0 aliphatic heterocycles. The Kier molecular flexibility index (Phi) is 3.04. The smallest absolute Gasteiger partial charge is 0.133 e. The Balaban J connectivity index is 2.52. The van der Waals surface area contributed by atoms with Gasteiger partial charge in [-0.25, -0.2) is 9.97 Å². The summed E-state index contributed by atoms with van der Waals surface area (Å²) in [4.78, 5) is 12.9. The fourth-order valence-electron chi connectivity index (χ4n) is 1.60. The summed E-state index contributed by atoms with van der Waals surface area (Å²) in [6.45, 7) is 6.06. The van der Waals surface area contributed by atoms with Gasteiger partial charge in [-0.3, -0.25) is 4.98 Å². The first-order valence-electron chi connectivity index (χ1n) is 5.63. The maximum absolute atomic E-state index is 5.81. The lowest BCUT2D eigenvalue weighted by atomic mass is 10.1. The monoisotopic (exact) mass is 228 g/mol. The maximum atomic E-state index is 5.81. The normalized spacial score (nSPS) is 10.8. The molecule has 17 heavy (non-hydrogen) atoms. The maximum Gasteiger partial charge on any atom is 0.133 e. The number of rotatable bonds is 2. The fourth-order valence-corrected chi connectivity index (χ4v) is 1.60. The van der Waals surface area contributed by atoms with Crippen LogP contribution in [-0.4, -0.2) is 15.0 Å². The van der Waals surface area contributed by atoms with Crippen molar-refractivity contribution in [3.05, 3.63) is 35.9 Å². The van der Waals surface area contributed by atoms with E-state index in [0.717, 1.165) is 22.8 Å². The molecule has 0 saturated carbocycles. The highest BCUT2D eigenvalue weighted by Gasteiger charge is 2.08. The van der Waals surface area contributed by atoms with Crippen LogP contribution in [0.2, 0.25) is 0 Å². The molecule has 2 aromatic rings. The van der Waals surface area contributed by atoms with E-state index in [4.69, 9.17) is 5.73 Å². The average Bonchev–Trinajstić information content (AvgIpc) is 2.28. The molecule has 0 unspecified atom stereocenters. The van der Waals surface area contributed by atoms with Crippen molar-refractivity contribution >= 4 is 5.82 Å². The molecule has 4 nitrogen and oxygen atoms in total. The summed E-state index contributed by atoms with van der Waals surface area (Å²) in [6.07, 6.45) is 1.78. The highest BCUT2D eigenvalue weighted by atomic mass is 14.9. The Morgan fingerprint density at radius 2 is 1.94 bits per heavy atom. The molecular weight excluding hydrogens is 212 g/mol. The molecule has 0 fully saturated rings. The molecular formula is C13H16N4. The number of hydrogen-bond donors (Lipinski definition) is 1. The summed E-state index contributed by atoms with van der Waals surface area (Å²) in [5, 5.41) is 0. The summed E-state index contributed by atoms with van der Waals surface area (Å²) < 4.78 is 0. The van der Waals surface area contributed by atoms with E-state index in [-0.39, 0.29) is 5.92 Å². The van der Waals surface area contributed by atoms with E-state index in [0.29, 0.717) is 5.82 Å². The molecule has 2 aromatic heterocycles. The number of anilines is 1. The highest BCUT2D eigenvalue weighted by Crippen LogP contribution is 2.21. The second kappa shape index (κ2) is 4.49. The molecule has 0 aromatic carbocycles. The van der Waals surface area contributed by atoms with Crippen LogP contribution >= 0.6 is 0 Å². The Bertz CT molecular complexity index is 535. The van der Waals surface area contributed by atoms with Crippen LogP contribution in [0.4, 0.5) is 5.82 Å². The predicted octanol–water partition coefficient (Wildman–Crippen LogP) is 2.55. The van der Waals surface area contributed by atoms with Gasteiger partial charge in [0.25, 0.3) is 0 Å². The summed E-state index contributed by atoms with van der Waals surface area (Å²) in [7, 11) is 0. The lowest BCUT2D eigenvalue weighted by Crippen LogP contribution is -2.03. The minimum Gasteiger partial charge on any atom is -0.384 e. The number of aryl methyl sites for hydroxylation is 1. The van der Waals surface area contributed by atoms with Gasteiger partial charge in [-0.05, 0) is 19.1 Å². The standard InChI is InChI=1S/C13H16N4/c1-8(2)13-16-11(7-12(14)17-13)10-4-5-15-9(3)6-10/h4-8H,1-3H3,(H2,14,16,17). The van der Waals surface area contributed by atoms with Crippen molar-refractivity contribution in [1.82, 2.24) is 15.0 Å². The molecule has 0 aliphatic rings. The second-order valence-corrected chi connectivity index (χ2v) is 4.38. The Hall–Kier alpha value is -1.97. The molecule has 0 saturated heterocycles. The van der Waals surface area contributed by atoms with Crippen LogP contribution in [-0.2, 0) is 0 Å². The van der Waals surface area contributed by atoms with Crippen molar-refractivity contribution in [1.29, 1.82) is 0 Å². The highest BCUT2D eigenvalue weighted by molar-refractivity contribution is 5.61. The summed E-state index contributed by atoms with van der Waals surface area (Å²) in [5.41, 5.74) is 8.64. The average molecular weight is 228 g/mol. The number of nitrogen functional groups attached to an aromatic ring is 1. The quantitative estimate of drug-likeness (QED) is 0.857. The first-order valence-corrected chi connectivity index (χ1v) is 5.63. The van der Waals surface area contributed by atoms with Gasteiger partial charge in [-0.15, -0.1) is 0 Å². The minimum atomic E-state index is 0.264. The van der Waals surface area contributed by atoms with Crippen molar-refractivity contribution in [2.24, 2.45) is 0 Å². The van der Waals surface area contributed by atoms with E-state index in [1.54, 1.807) is 12.3 Å². The Labute approximate surface area is 101 Å². The topological polar surface area (TPSA) is 64.7 Å². The van der Waals surface area contributed by atoms with Crippen LogP contribution in [0.1, 0.15) is 31.3 Å². The van der Waals surface area contributed by atoms with E-state index in [2.05, 4.69) is 28.8 Å². The molecule has 0 radical (unpaired) electrons. The molecule has 0 aliphatic carbocycles. The van der Waals surface area contributed by atoms with Gasteiger partial charge in [0, 0.05) is 29.4 Å². The van der Waals surface area contributed by atoms with Gasteiger partial charge in [0.05, 0.1) is 5.69 Å². The van der Waals surface area contributed by atoms with Crippen LogP contribution in [0, 0.1) is 6.92 Å². The van der Waals surface area contributed by atoms with E-state index in [1.807, 2.05) is 19.1 Å². The third-order valence-electron chi connectivity index (χ3n) is 2.47. The van der Waals surface area contributed by atoms with Gasteiger partial charge in [0.2, 0.25) is 0 Å². The van der Waals surface area contributed by atoms with Crippen LogP contribution < -0.4 is 5.73 Å². The van der Waals surface area contributed by atoms with Crippen LogP contribution in [0.25, 0.3) is 11.3 Å². The fraction of sp³-hybridized carbons (Fsp3) is 0.308. The lowest BCUT2D eigenvalue weighted by Gasteiger charge is -2.08. The number of pyridine rings is 1. The summed E-state index contributed by atoms with van der Waals surface area (Å²) in [5.74, 6) is 1.54. The van der Waals surface area contributed by atoms with Gasteiger partial charge in [0.1, 0.15) is 11.6 Å². The van der Waals surface area contributed by atoms with Crippen LogP contribution in [0.15, 0.2) is 24.4 Å². The number of hydrogen-bond acceptors (Lipinski definition) is 4. The van der Waals surface area contributed by atoms with Gasteiger partial charge >= 0.3 is 0 Å². The first kappa shape index (κ1) is 11.5. The Morgan fingerprint density at radius 1 is 1.18 bits per heavy atom. The second-order valence-electron chi connectivity index (χ2n) is 4.38. The van der Waals surface area contributed by atoms with Gasteiger partial charge < -0.3 is 5.73 Å². The van der Waals surface area contributed by atoms with E-state index >= 15 is 0 Å². The molecule has 88 valence electrons. The first-order chi connectivity index (χ1) is 8.06. The predicted molar refractivity (Wildman–Crippen MR) is 68.5 cm³/mol. The van der Waals surface area contributed by atoms with E-state index in [1.165, 1.54) is 0 Å². The minimum absolute atomic E-state index is 0.264. The van der Waals surface area contributed by atoms with Crippen molar-refractivity contribution in [2.45, 2.75) is 26.7 Å². The van der Waals surface area contributed by atoms with E-state index < -0.39 is 0 Å². The molecule has 2 heterocycles. The number of nitrogens with two attached hydrogens (primary N) is 1. The number of nitrogens with zero attached hydrogens (tertiary/aromatic N) is 3. The zero-order valence-electron chi connectivity index (χ0n) is 10.3. The molecule has 2 N–H and O–H groups in total. The summed E-state index contributed by atoms with van der Waals surface area (Å²) in [6, 6.07) is 5.71.